The molecule has 0 aromatic rings. The number of hydrogen-bond acceptors (Lipinski definition) is 2. The Balaban J connectivity index is 2.24. The first-order valence-electron chi connectivity index (χ1n) is 4.74. The number of rotatable bonds is 6. The normalized spacial score (nSPS) is 30.5. The molecule has 1 saturated carbocycles. The van der Waals surface area contributed by atoms with Crippen molar-refractivity contribution in [3.05, 3.63) is 0 Å². The van der Waals surface area contributed by atoms with Gasteiger partial charge in [-0.3, -0.25) is 0 Å². The molecule has 78 valence electrons. The molecule has 1 aliphatic carbocycles. The summed E-state index contributed by atoms with van der Waals surface area (Å²) in [5.74, 6) is 0.629. The van der Waals surface area contributed by atoms with Crippen molar-refractivity contribution in [3.63, 3.8) is 0 Å². The number of aliphatic hydroxyl groups excluding tert-OH is 2. The summed E-state index contributed by atoms with van der Waals surface area (Å²) >= 11 is 12.1. The third kappa shape index (κ3) is 2.72. The zero-order valence-electron chi connectivity index (χ0n) is 7.55. The van der Waals surface area contributed by atoms with Gasteiger partial charge in [-0.05, 0) is 37.5 Å². The van der Waals surface area contributed by atoms with Gasteiger partial charge in [0.15, 0.2) is 0 Å². The van der Waals surface area contributed by atoms with Crippen molar-refractivity contribution in [2.24, 2.45) is 11.8 Å². The van der Waals surface area contributed by atoms with Crippen molar-refractivity contribution < 1.29 is 10.2 Å². The summed E-state index contributed by atoms with van der Waals surface area (Å²) in [6, 6.07) is 0. The van der Waals surface area contributed by atoms with E-state index < -0.39 is 4.33 Å². The smallest absolute Gasteiger partial charge is 0.124 e. The second-order valence-electron chi connectivity index (χ2n) is 3.62. The van der Waals surface area contributed by atoms with E-state index >= 15 is 0 Å². The Morgan fingerprint density at radius 1 is 0.923 bits per heavy atom. The van der Waals surface area contributed by atoms with Crippen molar-refractivity contribution in [3.8, 4) is 0 Å². The van der Waals surface area contributed by atoms with Crippen LogP contribution in [0.2, 0.25) is 0 Å². The monoisotopic (exact) mass is 226 g/mol. The lowest BCUT2D eigenvalue weighted by molar-refractivity contribution is 0.273. The van der Waals surface area contributed by atoms with Crippen LogP contribution in [0.25, 0.3) is 0 Å². The molecule has 0 heterocycles. The van der Waals surface area contributed by atoms with E-state index in [1.54, 1.807) is 0 Å². The summed E-state index contributed by atoms with van der Waals surface area (Å²) in [4.78, 5) is 0. The summed E-state index contributed by atoms with van der Waals surface area (Å²) in [5, 5.41) is 17.3. The van der Waals surface area contributed by atoms with E-state index in [4.69, 9.17) is 33.4 Å². The highest BCUT2D eigenvalue weighted by Gasteiger charge is 2.61. The van der Waals surface area contributed by atoms with Crippen LogP contribution in [-0.2, 0) is 0 Å². The van der Waals surface area contributed by atoms with E-state index in [2.05, 4.69) is 0 Å². The van der Waals surface area contributed by atoms with Gasteiger partial charge in [-0.1, -0.05) is 0 Å². The van der Waals surface area contributed by atoms with Gasteiger partial charge in [0.05, 0.1) is 0 Å². The lowest BCUT2D eigenvalue weighted by Gasteiger charge is -1.95. The van der Waals surface area contributed by atoms with Crippen molar-refractivity contribution in [2.75, 3.05) is 13.2 Å². The Morgan fingerprint density at radius 3 is 1.62 bits per heavy atom. The maximum atomic E-state index is 8.65. The molecule has 4 heteroatoms. The van der Waals surface area contributed by atoms with Crippen LogP contribution in [0.15, 0.2) is 0 Å². The third-order valence-electron chi connectivity index (χ3n) is 2.71. The second-order valence-corrected chi connectivity index (χ2v) is 5.06. The molecule has 0 amide bonds. The second kappa shape index (κ2) is 4.83. The number of halogens is 2. The topological polar surface area (TPSA) is 40.5 Å². The molecule has 1 aliphatic rings. The summed E-state index contributed by atoms with van der Waals surface area (Å²) < 4.78 is -0.593. The standard InChI is InChI=1S/C9H16Cl2O2/c10-9(11)7(3-1-5-12)8(9)4-2-6-13/h7-8,12-13H,1-6H2/t7-,8+. The highest BCUT2D eigenvalue weighted by Crippen LogP contribution is 2.62. The fourth-order valence-electron chi connectivity index (χ4n) is 1.87. The van der Waals surface area contributed by atoms with Gasteiger partial charge in [0.25, 0.3) is 0 Å². The molecule has 13 heavy (non-hydrogen) atoms. The molecule has 0 aromatic carbocycles. The first kappa shape index (κ1) is 11.6. The molecule has 0 spiro atoms. The average molecular weight is 227 g/mol. The van der Waals surface area contributed by atoms with Crippen LogP contribution >= 0.6 is 23.2 Å². The van der Waals surface area contributed by atoms with Crippen LogP contribution in [-0.4, -0.2) is 27.8 Å². The van der Waals surface area contributed by atoms with E-state index in [1.807, 2.05) is 0 Å². The average Bonchev–Trinajstić information content (AvgIpc) is 2.60. The van der Waals surface area contributed by atoms with Gasteiger partial charge in [0.2, 0.25) is 0 Å². The minimum Gasteiger partial charge on any atom is -0.396 e. The Kier molecular flexibility index (Phi) is 4.30. The molecule has 0 unspecified atom stereocenters. The summed E-state index contributed by atoms with van der Waals surface area (Å²) in [6.45, 7) is 0.403. The molecule has 0 saturated heterocycles. The zero-order chi connectivity index (χ0) is 9.90. The highest BCUT2D eigenvalue weighted by atomic mass is 35.5. The molecule has 0 bridgehead atoms. The van der Waals surface area contributed by atoms with Gasteiger partial charge >= 0.3 is 0 Å². The van der Waals surface area contributed by atoms with Gasteiger partial charge in [-0.15, -0.1) is 23.2 Å². The highest BCUT2D eigenvalue weighted by molar-refractivity contribution is 6.51. The summed E-state index contributed by atoms with van der Waals surface area (Å²) in [6.07, 6.45) is 3.31. The Morgan fingerprint density at radius 2 is 1.31 bits per heavy atom. The summed E-state index contributed by atoms with van der Waals surface area (Å²) in [5.41, 5.74) is 0. The van der Waals surface area contributed by atoms with Gasteiger partial charge in [0.1, 0.15) is 4.33 Å². The van der Waals surface area contributed by atoms with E-state index in [-0.39, 0.29) is 13.2 Å². The Bertz CT molecular complexity index is 146. The predicted molar refractivity (Wildman–Crippen MR) is 54.1 cm³/mol. The largest absolute Gasteiger partial charge is 0.396 e. The van der Waals surface area contributed by atoms with Crippen LogP contribution in [0.5, 0.6) is 0 Å². The molecule has 0 radical (unpaired) electrons. The number of aliphatic hydroxyl groups is 2. The molecular formula is C9H16Cl2O2. The minimum absolute atomic E-state index is 0.201. The molecule has 2 atom stereocenters. The van der Waals surface area contributed by atoms with Gasteiger partial charge in [-0.2, -0.15) is 0 Å². The van der Waals surface area contributed by atoms with Crippen LogP contribution in [0.1, 0.15) is 25.7 Å². The van der Waals surface area contributed by atoms with Crippen LogP contribution in [0.4, 0.5) is 0 Å². The molecule has 2 nitrogen and oxygen atoms in total. The van der Waals surface area contributed by atoms with Gasteiger partial charge in [0, 0.05) is 13.2 Å². The maximum Gasteiger partial charge on any atom is 0.124 e. The lowest BCUT2D eigenvalue weighted by atomic mass is 10.1. The SMILES string of the molecule is OCCC[C@@H]1[C@H](CCCO)C1(Cl)Cl. The Labute approximate surface area is 88.8 Å². The van der Waals surface area contributed by atoms with Crippen molar-refractivity contribution in [1.29, 1.82) is 0 Å². The zero-order valence-corrected chi connectivity index (χ0v) is 9.06. The fourth-order valence-corrected chi connectivity index (χ4v) is 2.79. The number of hydrogen-bond donors (Lipinski definition) is 2. The molecule has 0 aliphatic heterocycles. The van der Waals surface area contributed by atoms with Crippen LogP contribution in [0, 0.1) is 11.8 Å². The number of alkyl halides is 2. The molecular weight excluding hydrogens is 211 g/mol. The first-order valence-corrected chi connectivity index (χ1v) is 5.49. The van der Waals surface area contributed by atoms with Crippen molar-refractivity contribution in [2.45, 2.75) is 30.0 Å². The van der Waals surface area contributed by atoms with E-state index in [1.165, 1.54) is 0 Å². The van der Waals surface area contributed by atoms with E-state index in [9.17, 15) is 0 Å². The Hall–Kier alpha value is 0.500. The maximum absolute atomic E-state index is 8.65. The van der Waals surface area contributed by atoms with E-state index in [0.717, 1.165) is 25.7 Å². The lowest BCUT2D eigenvalue weighted by Crippen LogP contribution is -1.92. The third-order valence-corrected chi connectivity index (χ3v) is 3.83. The predicted octanol–water partition coefficient (Wildman–Crippen LogP) is 1.95. The first-order chi connectivity index (χ1) is 6.14. The van der Waals surface area contributed by atoms with Gasteiger partial charge in [-0.25, -0.2) is 0 Å². The van der Waals surface area contributed by atoms with Crippen molar-refractivity contribution >= 4 is 23.2 Å². The van der Waals surface area contributed by atoms with Crippen LogP contribution < -0.4 is 0 Å². The fraction of sp³-hybridized carbons (Fsp3) is 1.00. The van der Waals surface area contributed by atoms with Crippen LogP contribution in [0.3, 0.4) is 0 Å². The van der Waals surface area contributed by atoms with Gasteiger partial charge < -0.3 is 10.2 Å². The summed E-state index contributed by atoms with van der Waals surface area (Å²) in [7, 11) is 0. The van der Waals surface area contributed by atoms with Crippen molar-refractivity contribution in [1.82, 2.24) is 0 Å². The molecule has 2 N–H and O–H groups in total. The quantitative estimate of drug-likeness (QED) is 0.681. The van der Waals surface area contributed by atoms with E-state index in [0.29, 0.717) is 11.8 Å². The molecule has 0 aromatic heterocycles. The molecule has 1 fully saturated rings. The molecule has 1 rings (SSSR count). The minimum atomic E-state index is -0.593.